The number of rotatable bonds is 2. The lowest BCUT2D eigenvalue weighted by Gasteiger charge is -2.33. The van der Waals surface area contributed by atoms with E-state index in [0.29, 0.717) is 10.7 Å². The van der Waals surface area contributed by atoms with Crippen molar-refractivity contribution in [3.05, 3.63) is 0 Å². The fourth-order valence-electron chi connectivity index (χ4n) is 1.26. The van der Waals surface area contributed by atoms with Crippen molar-refractivity contribution >= 4 is 11.3 Å². The van der Waals surface area contributed by atoms with Gasteiger partial charge in [-0.2, -0.15) is 4.18 Å². The first-order valence-electron chi connectivity index (χ1n) is 4.14. The molecule has 0 radical (unpaired) electrons. The predicted octanol–water partition coefficient (Wildman–Crippen LogP) is 0.224. The van der Waals surface area contributed by atoms with Crippen LogP contribution < -0.4 is 0 Å². The third kappa shape index (κ3) is 3.68. The van der Waals surface area contributed by atoms with Crippen molar-refractivity contribution in [2.75, 3.05) is 0 Å². The van der Waals surface area contributed by atoms with Crippen LogP contribution in [0, 0.1) is 0 Å². The Morgan fingerprint density at radius 2 is 1.73 bits per heavy atom. The van der Waals surface area contributed by atoms with E-state index in [1.807, 2.05) is 0 Å². The fourth-order valence-corrected chi connectivity index (χ4v) is 2.11. The van der Waals surface area contributed by atoms with E-state index < -0.39 is 30.1 Å². The van der Waals surface area contributed by atoms with Gasteiger partial charge in [0.2, 0.25) is 11.3 Å². The molecule has 0 saturated carbocycles. The minimum atomic E-state index is -5.07. The highest BCUT2D eigenvalue weighted by atomic mass is 32.2. The molecule has 1 heterocycles. The molecule has 2 N–H and O–H groups in total. The Morgan fingerprint density at radius 3 is 2.13 bits per heavy atom. The van der Waals surface area contributed by atoms with Gasteiger partial charge in [0.1, 0.15) is 12.5 Å². The summed E-state index contributed by atoms with van der Waals surface area (Å²) in [5, 5.41) is 18.5. The number of aliphatic hydroxyl groups is 2. The molecule has 0 amide bonds. The van der Waals surface area contributed by atoms with E-state index in [1.54, 1.807) is 0 Å². The number of halogens is 3. The number of piperidine rings is 1. The molecule has 3 unspecified atom stereocenters. The summed E-state index contributed by atoms with van der Waals surface area (Å²) < 4.78 is 49.7. The maximum absolute atomic E-state index is 11.7. The van der Waals surface area contributed by atoms with Crippen molar-refractivity contribution in [2.45, 2.75) is 38.1 Å². The zero-order valence-electron chi connectivity index (χ0n) is 7.48. The summed E-state index contributed by atoms with van der Waals surface area (Å²) in [6.07, 6.45) is -7.12. The van der Waals surface area contributed by atoms with Crippen molar-refractivity contribution < 1.29 is 31.8 Å². The van der Waals surface area contributed by atoms with Crippen LogP contribution in [-0.2, 0) is 15.4 Å². The molecule has 5 nitrogen and oxygen atoms in total. The van der Waals surface area contributed by atoms with Crippen LogP contribution in [-0.4, -0.2) is 37.5 Å². The third-order valence-corrected chi connectivity index (χ3v) is 3.01. The van der Waals surface area contributed by atoms with Crippen LogP contribution >= 0.6 is 0 Å². The van der Waals surface area contributed by atoms with Crippen LogP contribution in [0.1, 0.15) is 19.3 Å². The lowest BCUT2D eigenvalue weighted by Crippen LogP contribution is -2.48. The minimum absolute atomic E-state index is 0.143. The molecule has 0 aromatic heterocycles. The van der Waals surface area contributed by atoms with Crippen LogP contribution in [0.25, 0.3) is 0 Å². The highest BCUT2D eigenvalue weighted by Crippen LogP contribution is 2.26. The number of aliphatic hydroxyl groups excluding tert-OH is 2. The molecule has 1 aliphatic heterocycles. The van der Waals surface area contributed by atoms with Crippen molar-refractivity contribution in [3.8, 4) is 0 Å². The first-order valence-corrected chi connectivity index (χ1v) is 5.17. The second-order valence-corrected chi connectivity index (χ2v) is 4.02. The Morgan fingerprint density at radius 1 is 1.27 bits per heavy atom. The molecule has 1 aliphatic rings. The van der Waals surface area contributed by atoms with Crippen molar-refractivity contribution in [1.29, 1.82) is 0 Å². The van der Waals surface area contributed by atoms with Gasteiger partial charge < -0.3 is 10.2 Å². The minimum Gasteiger partial charge on any atom is -0.377 e. The van der Waals surface area contributed by atoms with Gasteiger partial charge in [-0.25, -0.2) is 4.21 Å². The number of alkyl halides is 3. The highest BCUT2D eigenvalue weighted by Gasteiger charge is 2.40. The fraction of sp³-hybridized carbons (Fsp3) is 1.00. The average molecular weight is 249 g/mol. The van der Waals surface area contributed by atoms with Crippen LogP contribution in [0.4, 0.5) is 13.2 Å². The molecule has 1 fully saturated rings. The maximum Gasteiger partial charge on any atom is 0.536 e. The van der Waals surface area contributed by atoms with E-state index in [2.05, 4.69) is 4.18 Å². The molecular formula is C6H10F3NO4S. The zero-order valence-corrected chi connectivity index (χ0v) is 8.29. The molecule has 9 heteroatoms. The molecule has 0 spiro atoms. The Balaban J connectivity index is 2.64. The number of nitrogens with zero attached hydrogens (tertiary/aromatic N) is 1. The summed E-state index contributed by atoms with van der Waals surface area (Å²) in [6, 6.07) is 0. The highest BCUT2D eigenvalue weighted by molar-refractivity contribution is 7.77. The molecule has 1 rings (SSSR count). The zero-order chi connectivity index (χ0) is 11.6. The first-order chi connectivity index (χ1) is 6.81. The first kappa shape index (κ1) is 12.8. The predicted molar refractivity (Wildman–Crippen MR) is 43.0 cm³/mol. The van der Waals surface area contributed by atoms with Gasteiger partial charge in [-0.15, -0.1) is 17.5 Å². The van der Waals surface area contributed by atoms with Crippen molar-refractivity contribution in [3.63, 3.8) is 0 Å². The monoisotopic (exact) mass is 249 g/mol. The molecule has 0 aliphatic carbocycles. The Hall–Kier alpha value is -0.220. The van der Waals surface area contributed by atoms with Gasteiger partial charge in [-0.3, -0.25) is 0 Å². The number of hydrogen-bond acceptors (Lipinski definition) is 4. The van der Waals surface area contributed by atoms with Gasteiger partial charge in [-0.1, -0.05) is 0 Å². The molecule has 0 aromatic rings. The second-order valence-electron chi connectivity index (χ2n) is 3.00. The normalized spacial score (nSPS) is 31.5. The van der Waals surface area contributed by atoms with Crippen molar-refractivity contribution in [1.82, 2.24) is 4.31 Å². The summed E-state index contributed by atoms with van der Waals surface area (Å²) in [7, 11) is 0. The van der Waals surface area contributed by atoms with E-state index in [-0.39, 0.29) is 12.8 Å². The molecule has 90 valence electrons. The Kier molecular flexibility index (Phi) is 4.06. The van der Waals surface area contributed by atoms with E-state index in [9.17, 15) is 27.6 Å². The van der Waals surface area contributed by atoms with Crippen LogP contribution in [0.2, 0.25) is 0 Å². The molecule has 1 saturated heterocycles. The summed E-state index contributed by atoms with van der Waals surface area (Å²) >= 11 is -2.93. The molecule has 0 bridgehead atoms. The van der Waals surface area contributed by atoms with Gasteiger partial charge >= 0.3 is 6.36 Å². The van der Waals surface area contributed by atoms with E-state index in [1.165, 1.54) is 0 Å². The third-order valence-electron chi connectivity index (χ3n) is 1.85. The smallest absolute Gasteiger partial charge is 0.377 e. The van der Waals surface area contributed by atoms with Crippen LogP contribution in [0.5, 0.6) is 0 Å². The SMILES string of the molecule is O=S(OC(F)(F)F)N1C(O)CCCC1O. The van der Waals surface area contributed by atoms with Crippen molar-refractivity contribution in [2.24, 2.45) is 0 Å². The largest absolute Gasteiger partial charge is 0.536 e. The molecule has 15 heavy (non-hydrogen) atoms. The number of hydrogen-bond donors (Lipinski definition) is 2. The van der Waals surface area contributed by atoms with Gasteiger partial charge in [-0.05, 0) is 19.3 Å². The summed E-state index contributed by atoms with van der Waals surface area (Å²) in [5.74, 6) is 0. The molecule has 3 atom stereocenters. The molecular weight excluding hydrogens is 239 g/mol. The van der Waals surface area contributed by atoms with E-state index >= 15 is 0 Å². The maximum atomic E-state index is 11.7. The second kappa shape index (κ2) is 4.74. The molecule has 0 aromatic carbocycles. The van der Waals surface area contributed by atoms with Crippen LogP contribution in [0.15, 0.2) is 0 Å². The van der Waals surface area contributed by atoms with Gasteiger partial charge in [0.05, 0.1) is 0 Å². The van der Waals surface area contributed by atoms with E-state index in [0.717, 1.165) is 0 Å². The van der Waals surface area contributed by atoms with Gasteiger partial charge in [0, 0.05) is 0 Å². The average Bonchev–Trinajstić information content (AvgIpc) is 1.99. The summed E-state index contributed by atoms with van der Waals surface area (Å²) in [6.45, 7) is 0. The standard InChI is InChI=1S/C6H10F3NO4S/c7-6(8,9)14-15(13)10-4(11)2-1-3-5(10)12/h4-5,11-12H,1-3H2. The Bertz CT molecular complexity index is 239. The topological polar surface area (TPSA) is 70.0 Å². The van der Waals surface area contributed by atoms with Gasteiger partial charge in [0.15, 0.2) is 0 Å². The lowest BCUT2D eigenvalue weighted by molar-refractivity contribution is -0.273. The van der Waals surface area contributed by atoms with Crippen LogP contribution in [0.3, 0.4) is 0 Å². The summed E-state index contributed by atoms with van der Waals surface area (Å²) in [5.41, 5.74) is 0. The lowest BCUT2D eigenvalue weighted by atomic mass is 10.1. The summed E-state index contributed by atoms with van der Waals surface area (Å²) in [4.78, 5) is 0. The van der Waals surface area contributed by atoms with E-state index in [4.69, 9.17) is 0 Å². The van der Waals surface area contributed by atoms with Gasteiger partial charge in [0.25, 0.3) is 0 Å². The quantitative estimate of drug-likeness (QED) is 0.734. The Labute approximate surface area is 86.2 Å².